The Morgan fingerprint density at radius 2 is 1.75 bits per heavy atom. The van der Waals surface area contributed by atoms with Crippen LogP contribution in [0.15, 0.2) is 30.9 Å². The van der Waals surface area contributed by atoms with Crippen LogP contribution in [0.2, 0.25) is 0 Å². The lowest BCUT2D eigenvalue weighted by Gasteiger charge is -2.47. The predicted molar refractivity (Wildman–Crippen MR) is 217 cm³/mol. The van der Waals surface area contributed by atoms with Crippen LogP contribution in [0.1, 0.15) is 80.6 Å². The summed E-state index contributed by atoms with van der Waals surface area (Å²) in [6.45, 7) is 12.6. The summed E-state index contributed by atoms with van der Waals surface area (Å²) in [6, 6.07) is 1.52. The van der Waals surface area contributed by atoms with E-state index in [4.69, 9.17) is 30.1 Å². The molecule has 16 heteroatoms. The maximum absolute atomic E-state index is 14.8. The fraction of sp³-hybridized carbons (Fsp3) is 0.682. The van der Waals surface area contributed by atoms with Gasteiger partial charge in [0.1, 0.15) is 17.8 Å². The van der Waals surface area contributed by atoms with Gasteiger partial charge in [0, 0.05) is 62.0 Å². The lowest BCUT2D eigenvalue weighted by Crippen LogP contribution is -2.60. The number of imidazole rings is 1. The SMILES string of the molecule is C#C[C@]12OC(=O)N(CCCCn3cnc(-c4ccc(F)nc4)c3)[C@H]1[C@H](C)C(=O)[C@H](C)C[C@](C)(OC)[C@H](OC1O[C@H](C)C[C@H](N(C)C)[C@H]1O)[C@@H](C)C(=O)[C@@H](C)C(=O)O[C@H]2CC. The Labute approximate surface area is 352 Å². The number of carbonyl (C=O) groups excluding carboxylic acids is 4. The second kappa shape index (κ2) is 19.2. The Bertz CT molecular complexity index is 1890. The van der Waals surface area contributed by atoms with Crippen LogP contribution in [0.5, 0.6) is 0 Å². The molecule has 2 aromatic heterocycles. The second-order valence-electron chi connectivity index (χ2n) is 17.2. The highest BCUT2D eigenvalue weighted by Gasteiger charge is 2.62. The monoisotopic (exact) mass is 839 g/mol. The Balaban J connectivity index is 1.45. The number of nitrogens with zero attached hydrogens (tertiary/aromatic N) is 5. The Morgan fingerprint density at radius 1 is 1.05 bits per heavy atom. The van der Waals surface area contributed by atoms with Gasteiger partial charge in [0.05, 0.1) is 35.9 Å². The molecule has 3 aliphatic rings. The molecule has 1 N–H and O–H groups in total. The van der Waals surface area contributed by atoms with Crippen molar-refractivity contribution in [3.8, 4) is 23.6 Å². The molecule has 15 nitrogen and oxygen atoms in total. The van der Waals surface area contributed by atoms with Gasteiger partial charge < -0.3 is 38.3 Å². The molecule has 0 aromatic carbocycles. The molecular weight excluding hydrogens is 778 g/mol. The molecule has 330 valence electrons. The zero-order valence-corrected chi connectivity index (χ0v) is 36.5. The van der Waals surface area contributed by atoms with Crippen molar-refractivity contribution in [2.24, 2.45) is 23.7 Å². The average molecular weight is 840 g/mol. The molecule has 13 atom stereocenters. The third kappa shape index (κ3) is 9.45. The van der Waals surface area contributed by atoms with E-state index in [-0.39, 0.29) is 37.3 Å². The molecule has 0 aliphatic carbocycles. The van der Waals surface area contributed by atoms with Crippen LogP contribution in [0.3, 0.4) is 0 Å². The van der Waals surface area contributed by atoms with Crippen molar-refractivity contribution in [1.29, 1.82) is 0 Å². The number of unbranched alkanes of at least 4 members (excludes halogenated alkanes) is 1. The number of halogens is 1. The van der Waals surface area contributed by atoms with Crippen LogP contribution in [-0.2, 0) is 44.6 Å². The number of aliphatic hydroxyl groups is 1. The molecule has 3 saturated heterocycles. The largest absolute Gasteiger partial charge is 0.456 e. The smallest absolute Gasteiger partial charge is 0.411 e. The average Bonchev–Trinajstić information content (AvgIpc) is 3.81. The van der Waals surface area contributed by atoms with Crippen LogP contribution in [0.25, 0.3) is 11.3 Å². The van der Waals surface area contributed by atoms with E-state index in [0.717, 1.165) is 0 Å². The van der Waals surface area contributed by atoms with Crippen LogP contribution < -0.4 is 0 Å². The number of terminal acetylenes is 1. The number of fused-ring (bicyclic) bond motifs is 1. The van der Waals surface area contributed by atoms with E-state index in [1.807, 2.05) is 36.7 Å². The number of esters is 1. The van der Waals surface area contributed by atoms with Gasteiger partial charge in [0.2, 0.25) is 11.5 Å². The molecule has 5 rings (SSSR count). The number of carbonyl (C=O) groups is 4. The fourth-order valence-electron chi connectivity index (χ4n) is 9.27. The van der Waals surface area contributed by atoms with Gasteiger partial charge >= 0.3 is 12.1 Å². The highest BCUT2D eigenvalue weighted by molar-refractivity contribution is 6.00. The highest BCUT2D eigenvalue weighted by atomic mass is 19.1. The van der Waals surface area contributed by atoms with E-state index < -0.39 is 89.3 Å². The molecule has 0 saturated carbocycles. The van der Waals surface area contributed by atoms with Gasteiger partial charge in [0.15, 0.2) is 18.2 Å². The molecule has 2 aromatic rings. The highest BCUT2D eigenvalue weighted by Crippen LogP contribution is 2.43. The summed E-state index contributed by atoms with van der Waals surface area (Å²) in [6.07, 6.45) is 7.39. The molecule has 0 radical (unpaired) electrons. The van der Waals surface area contributed by atoms with E-state index >= 15 is 0 Å². The lowest BCUT2D eigenvalue weighted by molar-refractivity contribution is -0.295. The molecule has 0 spiro atoms. The standard InChI is InChI=1S/C44H62FN5O10/c1-12-33-44(13-2)38(50(42(55)60-44)19-15-14-18-49-23-31(47-24-49)30-16-17-34(45)46-22-30)27(5)35(51)25(3)21-43(8,56-11)39(28(6)36(52)29(7)40(54)58-33)59-41-37(53)32(48(9)10)20-26(4)57-41/h2,16-17,22-29,32-33,37-39,41,53H,12,14-15,18-21H2,1,3-11H3/t25-,26-,27-,28+,29-,32+,33+,37-,38+,39-,41?,43+,44-/m1/s1. The van der Waals surface area contributed by atoms with Crippen LogP contribution in [0, 0.1) is 42.0 Å². The number of aliphatic hydroxyl groups excluding tert-OH is 1. The first-order valence-electron chi connectivity index (χ1n) is 20.9. The van der Waals surface area contributed by atoms with Crippen molar-refractivity contribution in [1.82, 2.24) is 24.3 Å². The minimum Gasteiger partial charge on any atom is -0.456 e. The number of ketones is 2. The van der Waals surface area contributed by atoms with Crippen molar-refractivity contribution < 1.29 is 52.4 Å². The van der Waals surface area contributed by atoms with Gasteiger partial charge in [-0.05, 0) is 79.1 Å². The third-order valence-corrected chi connectivity index (χ3v) is 12.7. The minimum atomic E-state index is -1.86. The molecule has 1 unspecified atom stereocenters. The van der Waals surface area contributed by atoms with Gasteiger partial charge in [-0.15, -0.1) is 6.42 Å². The van der Waals surface area contributed by atoms with Crippen molar-refractivity contribution >= 4 is 23.6 Å². The number of cyclic esters (lactones) is 1. The normalized spacial score (nSPS) is 35.7. The van der Waals surface area contributed by atoms with Gasteiger partial charge in [-0.2, -0.15) is 4.39 Å². The van der Waals surface area contributed by atoms with E-state index in [1.54, 1.807) is 47.0 Å². The third-order valence-electron chi connectivity index (χ3n) is 12.7. The summed E-state index contributed by atoms with van der Waals surface area (Å²) < 4.78 is 46.2. The number of pyridine rings is 1. The van der Waals surface area contributed by atoms with Crippen molar-refractivity contribution in [2.75, 3.05) is 27.7 Å². The summed E-state index contributed by atoms with van der Waals surface area (Å²) in [5.74, 6) is -3.55. The molecule has 5 heterocycles. The molecule has 3 fully saturated rings. The number of aryl methyl sites for hydroxylation is 1. The summed E-state index contributed by atoms with van der Waals surface area (Å²) in [7, 11) is 5.17. The number of likely N-dealkylation sites (N-methyl/N-ethyl adjacent to an activating group) is 1. The van der Waals surface area contributed by atoms with Crippen molar-refractivity contribution in [2.45, 2.75) is 141 Å². The zero-order valence-electron chi connectivity index (χ0n) is 36.5. The predicted octanol–water partition coefficient (Wildman–Crippen LogP) is 4.68. The first kappa shape index (κ1) is 46.8. The fourth-order valence-corrected chi connectivity index (χ4v) is 9.27. The number of aromatic nitrogens is 3. The molecule has 3 aliphatic heterocycles. The Hall–Kier alpha value is -4.27. The van der Waals surface area contributed by atoms with Gasteiger partial charge in [-0.3, -0.25) is 19.3 Å². The van der Waals surface area contributed by atoms with Crippen molar-refractivity contribution in [3.05, 3.63) is 36.8 Å². The summed E-state index contributed by atoms with van der Waals surface area (Å²) in [5.41, 5.74) is -1.89. The maximum Gasteiger partial charge on any atom is 0.411 e. The van der Waals surface area contributed by atoms with E-state index in [0.29, 0.717) is 37.1 Å². The van der Waals surface area contributed by atoms with Crippen molar-refractivity contribution in [3.63, 3.8) is 0 Å². The molecule has 1 amide bonds. The Kier molecular flexibility index (Phi) is 15.0. The number of rotatable bonds is 11. The lowest BCUT2D eigenvalue weighted by atomic mass is 9.73. The maximum atomic E-state index is 14.8. The zero-order chi connectivity index (χ0) is 44.3. The summed E-state index contributed by atoms with van der Waals surface area (Å²) >= 11 is 0. The second-order valence-corrected chi connectivity index (χ2v) is 17.2. The number of Topliss-reactive ketones (excluding diaryl/α,β-unsaturated/α-hetero) is 2. The minimum absolute atomic E-state index is 0.0614. The Morgan fingerprint density at radius 3 is 2.37 bits per heavy atom. The number of ether oxygens (including phenoxy) is 5. The topological polar surface area (TPSA) is 172 Å². The van der Waals surface area contributed by atoms with Gasteiger partial charge in [-0.1, -0.05) is 33.6 Å². The molecular formula is C44H62FN5O10. The number of hydrogen-bond acceptors (Lipinski definition) is 13. The van der Waals surface area contributed by atoms with E-state index in [9.17, 15) is 28.7 Å². The number of methoxy groups -OCH3 is 1. The van der Waals surface area contributed by atoms with Crippen LogP contribution in [0.4, 0.5) is 9.18 Å². The van der Waals surface area contributed by atoms with Gasteiger partial charge in [-0.25, -0.2) is 14.8 Å². The molecule has 60 heavy (non-hydrogen) atoms. The summed E-state index contributed by atoms with van der Waals surface area (Å²) in [5, 5.41) is 11.4. The quantitative estimate of drug-likeness (QED) is 0.109. The number of amides is 1. The summed E-state index contributed by atoms with van der Waals surface area (Å²) in [4.78, 5) is 68.5. The van der Waals surface area contributed by atoms with Gasteiger partial charge in [0.25, 0.3) is 0 Å². The van der Waals surface area contributed by atoms with E-state index in [2.05, 4.69) is 15.9 Å². The van der Waals surface area contributed by atoms with E-state index in [1.165, 1.54) is 31.2 Å². The number of hydrogen-bond donors (Lipinski definition) is 1. The first-order chi connectivity index (χ1) is 28.3. The first-order valence-corrected chi connectivity index (χ1v) is 20.9. The van der Waals surface area contributed by atoms with Crippen LogP contribution in [-0.4, -0.2) is 135 Å². The molecule has 0 bridgehead atoms. The van der Waals surface area contributed by atoms with Crippen LogP contribution >= 0.6 is 0 Å².